The van der Waals surface area contributed by atoms with Crippen molar-refractivity contribution in [3.8, 4) is 5.75 Å². The summed E-state index contributed by atoms with van der Waals surface area (Å²) in [6, 6.07) is 2.93. The lowest BCUT2D eigenvalue weighted by Crippen LogP contribution is -2.40. The molecule has 112 valence electrons. The molecule has 0 unspecified atom stereocenters. The molecule has 20 heavy (non-hydrogen) atoms. The lowest BCUT2D eigenvalue weighted by Gasteiger charge is -2.38. The molecule has 1 aliphatic heterocycles. The van der Waals surface area contributed by atoms with Crippen LogP contribution >= 0.6 is 0 Å². The van der Waals surface area contributed by atoms with Crippen molar-refractivity contribution in [3.63, 3.8) is 0 Å². The fourth-order valence-corrected chi connectivity index (χ4v) is 2.52. The predicted octanol–water partition coefficient (Wildman–Crippen LogP) is 2.56. The number of hydrogen-bond donors (Lipinski definition) is 2. The highest BCUT2D eigenvalue weighted by molar-refractivity contribution is 5.62. The standard InChI is InChI=1S/C15H24FN3O/c1-15(4-6-19(2)7-5-15)10-18-13-9-14(20-3)12(17)8-11(13)16/h8-9,18H,4-7,10,17H2,1-3H3. The summed E-state index contributed by atoms with van der Waals surface area (Å²) in [6.07, 6.45) is 2.23. The fourth-order valence-electron chi connectivity index (χ4n) is 2.52. The second kappa shape index (κ2) is 5.87. The van der Waals surface area contributed by atoms with Crippen LogP contribution in [0.1, 0.15) is 19.8 Å². The Morgan fingerprint density at radius 1 is 1.40 bits per heavy atom. The number of nitrogens with one attached hydrogen (secondary N) is 1. The van der Waals surface area contributed by atoms with Crippen molar-refractivity contribution in [2.24, 2.45) is 5.41 Å². The highest BCUT2D eigenvalue weighted by Gasteiger charge is 2.28. The van der Waals surface area contributed by atoms with Crippen molar-refractivity contribution < 1.29 is 9.13 Å². The van der Waals surface area contributed by atoms with Gasteiger partial charge in [0.2, 0.25) is 0 Å². The van der Waals surface area contributed by atoms with Gasteiger partial charge in [0.1, 0.15) is 11.6 Å². The van der Waals surface area contributed by atoms with E-state index in [4.69, 9.17) is 10.5 Å². The minimum Gasteiger partial charge on any atom is -0.495 e. The second-order valence-electron chi connectivity index (χ2n) is 6.04. The Balaban J connectivity index is 2.03. The maximum absolute atomic E-state index is 13.9. The van der Waals surface area contributed by atoms with E-state index in [1.54, 1.807) is 6.07 Å². The Bertz CT molecular complexity index is 470. The maximum Gasteiger partial charge on any atom is 0.148 e. The van der Waals surface area contributed by atoms with E-state index in [0.717, 1.165) is 32.5 Å². The number of methoxy groups -OCH3 is 1. The van der Waals surface area contributed by atoms with Crippen LogP contribution in [-0.4, -0.2) is 38.7 Å². The molecule has 0 atom stereocenters. The van der Waals surface area contributed by atoms with Gasteiger partial charge in [0.15, 0.2) is 0 Å². The van der Waals surface area contributed by atoms with Crippen molar-refractivity contribution in [2.75, 3.05) is 44.8 Å². The number of anilines is 2. The summed E-state index contributed by atoms with van der Waals surface area (Å²) in [5, 5.41) is 3.21. The first-order chi connectivity index (χ1) is 9.43. The van der Waals surface area contributed by atoms with Crippen LogP contribution in [-0.2, 0) is 0 Å². The van der Waals surface area contributed by atoms with Gasteiger partial charge in [-0.15, -0.1) is 0 Å². The highest BCUT2D eigenvalue weighted by atomic mass is 19.1. The first-order valence-corrected chi connectivity index (χ1v) is 6.99. The zero-order chi connectivity index (χ0) is 14.8. The lowest BCUT2D eigenvalue weighted by molar-refractivity contribution is 0.150. The van der Waals surface area contributed by atoms with Crippen molar-refractivity contribution in [1.82, 2.24) is 4.90 Å². The van der Waals surface area contributed by atoms with Gasteiger partial charge in [0.05, 0.1) is 18.5 Å². The van der Waals surface area contributed by atoms with Gasteiger partial charge >= 0.3 is 0 Å². The second-order valence-corrected chi connectivity index (χ2v) is 6.04. The summed E-state index contributed by atoms with van der Waals surface area (Å²) in [6.45, 7) is 5.18. The van der Waals surface area contributed by atoms with E-state index in [9.17, 15) is 4.39 Å². The average molecular weight is 281 g/mol. The number of hydrogen-bond acceptors (Lipinski definition) is 4. The number of likely N-dealkylation sites (tertiary alicyclic amines) is 1. The van der Waals surface area contributed by atoms with E-state index in [1.807, 2.05) is 0 Å². The molecule has 3 N–H and O–H groups in total. The van der Waals surface area contributed by atoms with Crippen LogP contribution in [0.5, 0.6) is 5.75 Å². The molecule has 0 radical (unpaired) electrons. The highest BCUT2D eigenvalue weighted by Crippen LogP contribution is 2.33. The zero-order valence-electron chi connectivity index (χ0n) is 12.5. The van der Waals surface area contributed by atoms with Gasteiger partial charge in [-0.3, -0.25) is 0 Å². The molecular weight excluding hydrogens is 257 g/mol. The molecule has 1 saturated heterocycles. The number of nitrogens with two attached hydrogens (primary N) is 1. The van der Waals surface area contributed by atoms with Gasteiger partial charge < -0.3 is 20.7 Å². The molecular formula is C15H24FN3O. The summed E-state index contributed by atoms with van der Waals surface area (Å²) >= 11 is 0. The molecule has 0 aromatic heterocycles. The number of rotatable bonds is 4. The summed E-state index contributed by atoms with van der Waals surface area (Å²) < 4.78 is 19.0. The summed E-state index contributed by atoms with van der Waals surface area (Å²) in [4.78, 5) is 2.33. The molecule has 1 aliphatic rings. The number of halogens is 1. The van der Waals surface area contributed by atoms with Gasteiger partial charge in [-0.1, -0.05) is 6.92 Å². The summed E-state index contributed by atoms with van der Waals surface area (Å²) in [5.41, 5.74) is 6.66. The van der Waals surface area contributed by atoms with Gasteiger partial charge in [-0.05, 0) is 38.4 Å². The Morgan fingerprint density at radius 3 is 2.65 bits per heavy atom. The Hall–Kier alpha value is -1.49. The van der Waals surface area contributed by atoms with E-state index >= 15 is 0 Å². The van der Waals surface area contributed by atoms with E-state index < -0.39 is 0 Å². The van der Waals surface area contributed by atoms with Crippen molar-refractivity contribution >= 4 is 11.4 Å². The number of ether oxygens (including phenoxy) is 1. The zero-order valence-corrected chi connectivity index (χ0v) is 12.5. The third-order valence-corrected chi connectivity index (χ3v) is 4.22. The number of nitrogens with zero attached hydrogens (tertiary/aromatic N) is 1. The number of piperidine rings is 1. The monoisotopic (exact) mass is 281 g/mol. The summed E-state index contributed by atoms with van der Waals surface area (Å²) in [7, 11) is 3.67. The van der Waals surface area contributed by atoms with Gasteiger partial charge in [-0.25, -0.2) is 4.39 Å². The first kappa shape index (κ1) is 14.9. The Labute approximate surface area is 120 Å². The lowest BCUT2D eigenvalue weighted by atomic mass is 9.80. The average Bonchev–Trinajstić information content (AvgIpc) is 2.42. The molecule has 1 fully saturated rings. The molecule has 0 spiro atoms. The molecule has 1 heterocycles. The number of nitrogen functional groups attached to an aromatic ring is 1. The molecule has 0 amide bonds. The topological polar surface area (TPSA) is 50.5 Å². The van der Waals surface area contributed by atoms with Crippen LogP contribution in [0, 0.1) is 11.2 Å². The van der Waals surface area contributed by atoms with Crippen molar-refractivity contribution in [3.05, 3.63) is 17.9 Å². The van der Waals surface area contributed by atoms with Gasteiger partial charge in [0.25, 0.3) is 0 Å². The molecule has 0 aliphatic carbocycles. The largest absolute Gasteiger partial charge is 0.495 e. The third-order valence-electron chi connectivity index (χ3n) is 4.22. The van der Waals surface area contributed by atoms with Gasteiger partial charge in [0, 0.05) is 18.7 Å². The quantitative estimate of drug-likeness (QED) is 0.833. The predicted molar refractivity (Wildman–Crippen MR) is 80.7 cm³/mol. The molecule has 1 aromatic carbocycles. The van der Waals surface area contributed by atoms with E-state index in [-0.39, 0.29) is 11.2 Å². The normalized spacial score (nSPS) is 18.8. The van der Waals surface area contributed by atoms with Crippen LogP contribution < -0.4 is 15.8 Å². The molecule has 1 aromatic rings. The third kappa shape index (κ3) is 3.33. The summed E-state index contributed by atoms with van der Waals surface area (Å²) in [5.74, 6) is 0.169. The SMILES string of the molecule is COc1cc(NCC2(C)CCN(C)CC2)c(F)cc1N. The minimum absolute atomic E-state index is 0.202. The minimum atomic E-state index is -0.333. The Kier molecular flexibility index (Phi) is 4.38. The van der Waals surface area contributed by atoms with E-state index in [1.165, 1.54) is 13.2 Å². The van der Waals surface area contributed by atoms with E-state index in [0.29, 0.717) is 17.1 Å². The Morgan fingerprint density at radius 2 is 2.05 bits per heavy atom. The molecule has 2 rings (SSSR count). The van der Waals surface area contributed by atoms with Gasteiger partial charge in [-0.2, -0.15) is 0 Å². The molecule has 0 saturated carbocycles. The number of benzene rings is 1. The smallest absolute Gasteiger partial charge is 0.148 e. The first-order valence-electron chi connectivity index (χ1n) is 6.99. The van der Waals surface area contributed by atoms with Crippen molar-refractivity contribution in [2.45, 2.75) is 19.8 Å². The molecule has 0 bridgehead atoms. The van der Waals surface area contributed by atoms with Crippen LogP contribution in [0.3, 0.4) is 0 Å². The van der Waals surface area contributed by atoms with Crippen LogP contribution in [0.2, 0.25) is 0 Å². The maximum atomic E-state index is 13.9. The molecule has 4 nitrogen and oxygen atoms in total. The van der Waals surface area contributed by atoms with Crippen molar-refractivity contribution in [1.29, 1.82) is 0 Å². The fraction of sp³-hybridized carbons (Fsp3) is 0.600. The molecule has 5 heteroatoms. The van der Waals surface area contributed by atoms with E-state index in [2.05, 4.69) is 24.2 Å². The van der Waals surface area contributed by atoms with Crippen LogP contribution in [0.4, 0.5) is 15.8 Å². The van der Waals surface area contributed by atoms with Crippen LogP contribution in [0.15, 0.2) is 12.1 Å². The van der Waals surface area contributed by atoms with Crippen LogP contribution in [0.25, 0.3) is 0 Å².